The Balaban J connectivity index is 1.79. The summed E-state index contributed by atoms with van der Waals surface area (Å²) >= 11 is 0. The second-order valence-corrected chi connectivity index (χ2v) is 7.45. The average Bonchev–Trinajstić information content (AvgIpc) is 2.26. The van der Waals surface area contributed by atoms with Crippen LogP contribution in [0.5, 0.6) is 0 Å². The third kappa shape index (κ3) is 3.95. The molecule has 1 saturated heterocycles. The fourth-order valence-electron chi connectivity index (χ4n) is 3.14. The van der Waals surface area contributed by atoms with Crippen molar-refractivity contribution in [3.63, 3.8) is 0 Å². The number of nitrogens with zero attached hydrogens (tertiary/aromatic N) is 1. The van der Waals surface area contributed by atoms with Gasteiger partial charge in [0.2, 0.25) is 15.9 Å². The molecule has 2 rings (SSSR count). The molecule has 1 aliphatic heterocycles. The highest BCUT2D eigenvalue weighted by Crippen LogP contribution is 2.34. The maximum atomic E-state index is 12.0. The number of nitrogens with one attached hydrogen (secondary N) is 1. The van der Waals surface area contributed by atoms with Gasteiger partial charge in [-0.1, -0.05) is 6.42 Å². The number of carbonyl (C=O) groups is 1. The van der Waals surface area contributed by atoms with Gasteiger partial charge in [0.1, 0.15) is 0 Å². The van der Waals surface area contributed by atoms with Crippen LogP contribution < -0.4 is 4.72 Å². The molecule has 2 bridgehead atoms. The number of rotatable bonds is 4. The molecule has 0 aromatic carbocycles. The number of hydrogen-bond acceptors (Lipinski definition) is 3. The lowest BCUT2D eigenvalue weighted by molar-refractivity contribution is -0.134. The Morgan fingerprint density at radius 2 is 1.89 bits per heavy atom. The molecule has 2 aliphatic rings. The SMILES string of the molecule is CS(=O)(=O)NCCC(=O)N1CC2CCCC(C2)C1. The number of hydrogen-bond donors (Lipinski definition) is 1. The minimum atomic E-state index is -3.19. The van der Waals surface area contributed by atoms with E-state index in [0.29, 0.717) is 11.8 Å². The number of piperidine rings is 1. The molecule has 1 amide bonds. The first kappa shape index (κ1) is 13.8. The minimum Gasteiger partial charge on any atom is -0.342 e. The van der Waals surface area contributed by atoms with E-state index in [1.165, 1.54) is 25.7 Å². The van der Waals surface area contributed by atoms with Crippen LogP contribution in [0.4, 0.5) is 0 Å². The summed E-state index contributed by atoms with van der Waals surface area (Å²) in [5.41, 5.74) is 0. The molecule has 0 aromatic rings. The monoisotopic (exact) mass is 274 g/mol. The van der Waals surface area contributed by atoms with E-state index in [-0.39, 0.29) is 18.9 Å². The van der Waals surface area contributed by atoms with Gasteiger partial charge in [0, 0.05) is 26.1 Å². The minimum absolute atomic E-state index is 0.0859. The smallest absolute Gasteiger partial charge is 0.223 e. The molecule has 2 atom stereocenters. The van der Waals surface area contributed by atoms with Gasteiger partial charge >= 0.3 is 0 Å². The predicted octanol–water partition coefficient (Wildman–Crippen LogP) is 0.574. The summed E-state index contributed by atoms with van der Waals surface area (Å²) in [6, 6.07) is 0. The van der Waals surface area contributed by atoms with Crippen molar-refractivity contribution in [3.05, 3.63) is 0 Å². The molecule has 18 heavy (non-hydrogen) atoms. The lowest BCUT2D eigenvalue weighted by atomic mass is 9.78. The Morgan fingerprint density at radius 1 is 1.28 bits per heavy atom. The zero-order valence-electron chi connectivity index (χ0n) is 10.9. The van der Waals surface area contributed by atoms with E-state index in [4.69, 9.17) is 0 Å². The van der Waals surface area contributed by atoms with Crippen molar-refractivity contribution in [1.82, 2.24) is 9.62 Å². The highest BCUT2D eigenvalue weighted by Gasteiger charge is 2.32. The van der Waals surface area contributed by atoms with Gasteiger partial charge in [0.15, 0.2) is 0 Å². The lowest BCUT2D eigenvalue weighted by Crippen LogP contribution is -2.46. The van der Waals surface area contributed by atoms with E-state index in [1.807, 2.05) is 4.90 Å². The van der Waals surface area contributed by atoms with Crippen molar-refractivity contribution in [1.29, 1.82) is 0 Å². The van der Waals surface area contributed by atoms with Crippen LogP contribution in [0.25, 0.3) is 0 Å². The highest BCUT2D eigenvalue weighted by atomic mass is 32.2. The van der Waals surface area contributed by atoms with Crippen molar-refractivity contribution in [3.8, 4) is 0 Å². The molecule has 0 spiro atoms. The lowest BCUT2D eigenvalue weighted by Gasteiger charge is -2.41. The molecule has 2 unspecified atom stereocenters. The van der Waals surface area contributed by atoms with Gasteiger partial charge < -0.3 is 4.90 Å². The largest absolute Gasteiger partial charge is 0.342 e. The molecule has 2 fully saturated rings. The quantitative estimate of drug-likeness (QED) is 0.815. The summed E-state index contributed by atoms with van der Waals surface area (Å²) in [6.45, 7) is 1.95. The third-order valence-electron chi connectivity index (χ3n) is 3.90. The van der Waals surface area contributed by atoms with E-state index in [9.17, 15) is 13.2 Å². The molecule has 1 saturated carbocycles. The summed E-state index contributed by atoms with van der Waals surface area (Å²) in [5.74, 6) is 1.43. The van der Waals surface area contributed by atoms with Gasteiger partial charge in [-0.2, -0.15) is 0 Å². The van der Waals surface area contributed by atoms with Crippen LogP contribution in [-0.4, -0.2) is 45.1 Å². The Bertz CT molecular complexity index is 396. The van der Waals surface area contributed by atoms with Crippen LogP contribution in [0.15, 0.2) is 0 Å². The van der Waals surface area contributed by atoms with Crippen LogP contribution >= 0.6 is 0 Å². The van der Waals surface area contributed by atoms with Gasteiger partial charge in [-0.15, -0.1) is 0 Å². The molecule has 0 aromatic heterocycles. The van der Waals surface area contributed by atoms with Gasteiger partial charge in [-0.25, -0.2) is 13.1 Å². The fraction of sp³-hybridized carbons (Fsp3) is 0.917. The van der Waals surface area contributed by atoms with Crippen molar-refractivity contribution in [2.24, 2.45) is 11.8 Å². The zero-order valence-corrected chi connectivity index (χ0v) is 11.7. The molecule has 0 radical (unpaired) electrons. The van der Waals surface area contributed by atoms with E-state index >= 15 is 0 Å². The number of likely N-dealkylation sites (tertiary alicyclic amines) is 1. The van der Waals surface area contributed by atoms with E-state index in [1.54, 1.807) is 0 Å². The fourth-order valence-corrected chi connectivity index (χ4v) is 3.61. The maximum absolute atomic E-state index is 12.0. The average molecular weight is 274 g/mol. The van der Waals surface area contributed by atoms with Crippen LogP contribution in [0, 0.1) is 11.8 Å². The van der Waals surface area contributed by atoms with Crippen LogP contribution in [0.1, 0.15) is 32.1 Å². The highest BCUT2D eigenvalue weighted by molar-refractivity contribution is 7.88. The zero-order chi connectivity index (χ0) is 13.2. The van der Waals surface area contributed by atoms with Crippen molar-refractivity contribution in [2.75, 3.05) is 25.9 Å². The standard InChI is InChI=1S/C12H22N2O3S/c1-18(16,17)13-6-5-12(15)14-8-10-3-2-4-11(7-10)9-14/h10-11,13H,2-9H2,1H3. The third-order valence-corrected chi connectivity index (χ3v) is 4.63. The second-order valence-electron chi connectivity index (χ2n) is 5.61. The van der Waals surface area contributed by atoms with Crippen molar-refractivity contribution < 1.29 is 13.2 Å². The molecule has 6 heteroatoms. The van der Waals surface area contributed by atoms with E-state index in [2.05, 4.69) is 4.72 Å². The first-order chi connectivity index (χ1) is 8.44. The Morgan fingerprint density at radius 3 is 2.44 bits per heavy atom. The van der Waals surface area contributed by atoms with Crippen molar-refractivity contribution >= 4 is 15.9 Å². The normalized spacial score (nSPS) is 28.2. The Hall–Kier alpha value is -0.620. The number of sulfonamides is 1. The van der Waals surface area contributed by atoms with Gasteiger partial charge in [-0.3, -0.25) is 4.79 Å². The summed E-state index contributed by atoms with van der Waals surface area (Å²) in [6.07, 6.45) is 6.43. The molecule has 1 aliphatic carbocycles. The molecular weight excluding hydrogens is 252 g/mol. The van der Waals surface area contributed by atoms with Crippen molar-refractivity contribution in [2.45, 2.75) is 32.1 Å². The second kappa shape index (κ2) is 5.57. The van der Waals surface area contributed by atoms with Gasteiger partial charge in [0.05, 0.1) is 6.26 Å². The summed E-state index contributed by atoms with van der Waals surface area (Å²) < 4.78 is 24.2. The molecular formula is C12H22N2O3S. The summed E-state index contributed by atoms with van der Waals surface area (Å²) in [4.78, 5) is 13.9. The topological polar surface area (TPSA) is 66.5 Å². The van der Waals surface area contributed by atoms with E-state index < -0.39 is 10.0 Å². The Kier molecular flexibility index (Phi) is 4.27. The summed E-state index contributed by atoms with van der Waals surface area (Å²) in [5, 5.41) is 0. The number of fused-ring (bicyclic) bond motifs is 2. The van der Waals surface area contributed by atoms with E-state index in [0.717, 1.165) is 19.3 Å². The van der Waals surface area contributed by atoms with Gasteiger partial charge in [-0.05, 0) is 31.1 Å². The predicted molar refractivity (Wildman–Crippen MR) is 69.5 cm³/mol. The van der Waals surface area contributed by atoms with Crippen LogP contribution in [-0.2, 0) is 14.8 Å². The first-order valence-corrected chi connectivity index (χ1v) is 8.55. The summed E-state index contributed by atoms with van der Waals surface area (Å²) in [7, 11) is -3.19. The molecule has 5 nitrogen and oxygen atoms in total. The molecule has 1 heterocycles. The molecule has 104 valence electrons. The first-order valence-electron chi connectivity index (χ1n) is 6.66. The van der Waals surface area contributed by atoms with Crippen LogP contribution in [0.3, 0.4) is 0 Å². The Labute approximate surface area is 109 Å². The van der Waals surface area contributed by atoms with Crippen LogP contribution in [0.2, 0.25) is 0 Å². The molecule has 1 N–H and O–H groups in total. The number of amides is 1. The maximum Gasteiger partial charge on any atom is 0.223 e. The number of carbonyl (C=O) groups excluding carboxylic acids is 1. The van der Waals surface area contributed by atoms with Gasteiger partial charge in [0.25, 0.3) is 0 Å².